The largest absolute Gasteiger partial charge is 0.545 e. The lowest BCUT2D eigenvalue weighted by molar-refractivity contribution is -0.254. The summed E-state index contributed by atoms with van der Waals surface area (Å²) < 4.78 is 10.1. The van der Waals surface area contributed by atoms with Crippen LogP contribution < -0.4 is 19.9 Å². The van der Waals surface area contributed by atoms with Crippen molar-refractivity contribution in [3.05, 3.63) is 53.6 Å². The number of carboxylic acid groups (broad SMARTS) is 1. The highest BCUT2D eigenvalue weighted by molar-refractivity contribution is 6.00. The summed E-state index contributed by atoms with van der Waals surface area (Å²) >= 11 is 0. The lowest BCUT2D eigenvalue weighted by atomic mass is 10.1. The predicted octanol–water partition coefficient (Wildman–Crippen LogP) is 1.30. The molecule has 0 aliphatic rings. The first kappa shape index (κ1) is 18.0. The molecule has 0 saturated heterocycles. The van der Waals surface area contributed by atoms with Crippen molar-refractivity contribution in [2.24, 2.45) is 0 Å². The molecule has 1 N–H and O–H groups in total. The monoisotopic (exact) mass is 342 g/mol. The molecule has 7 nitrogen and oxygen atoms in total. The summed E-state index contributed by atoms with van der Waals surface area (Å²) in [5.74, 6) is -2.08. The normalized spacial score (nSPS) is 10.0. The maximum absolute atomic E-state index is 12.0. The summed E-state index contributed by atoms with van der Waals surface area (Å²) in [6.45, 7) is 2.83. The average molecular weight is 342 g/mol. The van der Waals surface area contributed by atoms with Gasteiger partial charge < -0.3 is 24.7 Å². The molecule has 0 atom stereocenters. The molecule has 0 fully saturated rings. The fourth-order valence-electron chi connectivity index (χ4n) is 2.00. The first-order valence-electron chi connectivity index (χ1n) is 7.38. The van der Waals surface area contributed by atoms with E-state index in [-0.39, 0.29) is 23.6 Å². The molecule has 130 valence electrons. The molecule has 0 radical (unpaired) electrons. The SMILES string of the molecule is CC(=O)Oc1ccc(NC(=O)COc2ccc(C)cc2)c(C(=O)[O-])c1. The Morgan fingerprint density at radius 2 is 1.68 bits per heavy atom. The minimum Gasteiger partial charge on any atom is -0.545 e. The lowest BCUT2D eigenvalue weighted by Gasteiger charge is -2.14. The second-order valence-electron chi connectivity index (χ2n) is 5.24. The van der Waals surface area contributed by atoms with Crippen LogP contribution in [0.15, 0.2) is 42.5 Å². The van der Waals surface area contributed by atoms with E-state index in [4.69, 9.17) is 9.47 Å². The van der Waals surface area contributed by atoms with Gasteiger partial charge in [0.2, 0.25) is 0 Å². The highest BCUT2D eigenvalue weighted by Crippen LogP contribution is 2.22. The third-order valence-corrected chi connectivity index (χ3v) is 3.14. The van der Waals surface area contributed by atoms with Crippen LogP contribution in [0.5, 0.6) is 11.5 Å². The molecule has 0 bridgehead atoms. The topological polar surface area (TPSA) is 105 Å². The van der Waals surface area contributed by atoms with Gasteiger partial charge in [0.1, 0.15) is 11.5 Å². The molecule has 0 aromatic heterocycles. The summed E-state index contributed by atoms with van der Waals surface area (Å²) in [5, 5.41) is 13.6. The molecular weight excluding hydrogens is 326 g/mol. The highest BCUT2D eigenvalue weighted by atomic mass is 16.5. The van der Waals surface area contributed by atoms with E-state index in [0.29, 0.717) is 5.75 Å². The number of amides is 1. The van der Waals surface area contributed by atoms with Crippen LogP contribution in [-0.2, 0) is 9.59 Å². The predicted molar refractivity (Wildman–Crippen MR) is 87.4 cm³/mol. The number of hydrogen-bond acceptors (Lipinski definition) is 6. The molecule has 2 aromatic carbocycles. The number of carboxylic acids is 1. The van der Waals surface area contributed by atoms with Crippen molar-refractivity contribution in [1.82, 2.24) is 0 Å². The quantitative estimate of drug-likeness (QED) is 0.627. The molecule has 0 unspecified atom stereocenters. The van der Waals surface area contributed by atoms with Gasteiger partial charge in [-0.15, -0.1) is 0 Å². The van der Waals surface area contributed by atoms with Crippen LogP contribution in [0, 0.1) is 6.92 Å². The molecule has 25 heavy (non-hydrogen) atoms. The number of rotatable bonds is 6. The van der Waals surface area contributed by atoms with Gasteiger partial charge in [0, 0.05) is 12.5 Å². The molecule has 0 aliphatic heterocycles. The number of aryl methyl sites for hydroxylation is 1. The van der Waals surface area contributed by atoms with E-state index < -0.39 is 17.8 Å². The van der Waals surface area contributed by atoms with Crippen LogP contribution in [0.2, 0.25) is 0 Å². The van der Waals surface area contributed by atoms with E-state index in [1.165, 1.54) is 19.1 Å². The molecule has 2 rings (SSSR count). The molecule has 2 aromatic rings. The minimum atomic E-state index is -1.51. The molecule has 1 amide bonds. The van der Waals surface area contributed by atoms with Gasteiger partial charge >= 0.3 is 5.97 Å². The van der Waals surface area contributed by atoms with Gasteiger partial charge in [0.15, 0.2) is 6.61 Å². The van der Waals surface area contributed by atoms with E-state index in [0.717, 1.165) is 11.6 Å². The minimum absolute atomic E-state index is 0.0217. The van der Waals surface area contributed by atoms with Crippen molar-refractivity contribution in [1.29, 1.82) is 0 Å². The van der Waals surface area contributed by atoms with Gasteiger partial charge in [-0.1, -0.05) is 17.7 Å². The zero-order valence-electron chi connectivity index (χ0n) is 13.7. The van der Waals surface area contributed by atoms with Crippen LogP contribution >= 0.6 is 0 Å². The molecule has 0 aliphatic carbocycles. The van der Waals surface area contributed by atoms with Gasteiger partial charge in [-0.25, -0.2) is 0 Å². The maximum atomic E-state index is 12.0. The fraction of sp³-hybridized carbons (Fsp3) is 0.167. The van der Waals surface area contributed by atoms with Gasteiger partial charge in [0.25, 0.3) is 5.91 Å². The number of aromatic carboxylic acids is 1. The van der Waals surface area contributed by atoms with E-state index in [2.05, 4.69) is 5.32 Å². The van der Waals surface area contributed by atoms with Crippen molar-refractivity contribution < 1.29 is 29.0 Å². The van der Waals surface area contributed by atoms with Crippen molar-refractivity contribution in [2.75, 3.05) is 11.9 Å². The average Bonchev–Trinajstić information content (AvgIpc) is 2.55. The Bertz CT molecular complexity index is 798. The van der Waals surface area contributed by atoms with Gasteiger partial charge in [-0.3, -0.25) is 9.59 Å². The second kappa shape index (κ2) is 7.96. The van der Waals surface area contributed by atoms with Gasteiger partial charge in [-0.2, -0.15) is 0 Å². The Kier molecular flexibility index (Phi) is 5.73. The summed E-state index contributed by atoms with van der Waals surface area (Å²) in [6.07, 6.45) is 0. The number of ether oxygens (including phenoxy) is 2. The maximum Gasteiger partial charge on any atom is 0.308 e. The summed E-state index contributed by atoms with van der Waals surface area (Å²) in [6, 6.07) is 10.9. The number of carbonyl (C=O) groups excluding carboxylic acids is 3. The lowest BCUT2D eigenvalue weighted by Crippen LogP contribution is -2.26. The zero-order chi connectivity index (χ0) is 18.4. The van der Waals surface area contributed by atoms with Crippen molar-refractivity contribution in [3.8, 4) is 11.5 Å². The Morgan fingerprint density at radius 3 is 2.28 bits per heavy atom. The van der Waals surface area contributed by atoms with Gasteiger partial charge in [0.05, 0.1) is 11.7 Å². The summed E-state index contributed by atoms with van der Waals surface area (Å²) in [7, 11) is 0. The van der Waals surface area contributed by atoms with Gasteiger partial charge in [-0.05, 0) is 37.3 Å². The molecular formula is C18H16NO6-. The number of carbonyl (C=O) groups is 3. The number of benzene rings is 2. The van der Waals surface area contributed by atoms with Crippen molar-refractivity contribution in [3.63, 3.8) is 0 Å². The summed E-state index contributed by atoms with van der Waals surface area (Å²) in [5.41, 5.74) is 0.777. The van der Waals surface area contributed by atoms with Crippen molar-refractivity contribution in [2.45, 2.75) is 13.8 Å². The number of nitrogens with one attached hydrogen (secondary N) is 1. The first-order valence-corrected chi connectivity index (χ1v) is 7.38. The molecule has 0 saturated carbocycles. The Hall–Kier alpha value is -3.35. The van der Waals surface area contributed by atoms with E-state index in [1.54, 1.807) is 12.1 Å². The van der Waals surface area contributed by atoms with E-state index in [1.807, 2.05) is 19.1 Å². The van der Waals surface area contributed by atoms with Crippen LogP contribution in [0.4, 0.5) is 5.69 Å². The number of anilines is 1. The smallest absolute Gasteiger partial charge is 0.308 e. The van der Waals surface area contributed by atoms with Crippen molar-refractivity contribution >= 4 is 23.5 Å². The standard InChI is InChI=1S/C18H17NO6/c1-11-3-5-13(6-4-11)24-10-17(21)19-16-8-7-14(25-12(2)20)9-15(16)18(22)23/h3-9H,10H2,1-2H3,(H,19,21)(H,22,23)/p-1. The van der Waals surface area contributed by atoms with Crippen LogP contribution in [0.25, 0.3) is 0 Å². The Morgan fingerprint density at radius 1 is 1.04 bits per heavy atom. The van der Waals surface area contributed by atoms with Crippen LogP contribution in [0.3, 0.4) is 0 Å². The van der Waals surface area contributed by atoms with E-state index in [9.17, 15) is 19.5 Å². The summed E-state index contributed by atoms with van der Waals surface area (Å²) in [4.78, 5) is 34.1. The van der Waals surface area contributed by atoms with Crippen LogP contribution in [-0.4, -0.2) is 24.5 Å². The Labute approximate surface area is 144 Å². The third kappa shape index (κ3) is 5.35. The zero-order valence-corrected chi connectivity index (χ0v) is 13.7. The van der Waals surface area contributed by atoms with E-state index >= 15 is 0 Å². The fourth-order valence-corrected chi connectivity index (χ4v) is 2.00. The Balaban J connectivity index is 2.05. The first-order chi connectivity index (χ1) is 11.8. The molecule has 7 heteroatoms. The molecule has 0 spiro atoms. The molecule has 0 heterocycles. The highest BCUT2D eigenvalue weighted by Gasteiger charge is 2.11. The third-order valence-electron chi connectivity index (χ3n) is 3.14. The number of hydrogen-bond donors (Lipinski definition) is 1. The second-order valence-corrected chi connectivity index (χ2v) is 5.24. The van der Waals surface area contributed by atoms with Crippen LogP contribution in [0.1, 0.15) is 22.8 Å². The number of esters is 1.